The van der Waals surface area contributed by atoms with Gasteiger partial charge in [0.15, 0.2) is 0 Å². The first kappa shape index (κ1) is 10.8. The molecule has 1 aromatic carbocycles. The average Bonchev–Trinajstić information content (AvgIpc) is 2.26. The Balaban J connectivity index is 2.54. The Morgan fingerprint density at radius 2 is 1.94 bits per heavy atom. The molecule has 0 aliphatic heterocycles. The van der Waals surface area contributed by atoms with Gasteiger partial charge in [0.1, 0.15) is 11.5 Å². The molecule has 0 spiro atoms. The van der Waals surface area contributed by atoms with Gasteiger partial charge in [0.05, 0.1) is 0 Å². The van der Waals surface area contributed by atoms with Crippen molar-refractivity contribution in [1.29, 1.82) is 0 Å². The van der Waals surface area contributed by atoms with E-state index in [0.717, 1.165) is 5.56 Å². The molecule has 0 amide bonds. The zero-order valence-corrected chi connectivity index (χ0v) is 9.51. The lowest BCUT2D eigenvalue weighted by molar-refractivity contribution is 0.404. The Hall–Kier alpha value is -1.70. The summed E-state index contributed by atoms with van der Waals surface area (Å²) >= 11 is 0. The average molecular weight is 216 g/mol. The molecule has 0 aromatic heterocycles. The van der Waals surface area contributed by atoms with Crippen LogP contribution in [0.25, 0.3) is 0 Å². The number of allylic oxidation sites excluding steroid dienone is 4. The quantitative estimate of drug-likeness (QED) is 0.708. The summed E-state index contributed by atoms with van der Waals surface area (Å²) in [7, 11) is 0. The number of rotatable bonds is 1. The van der Waals surface area contributed by atoms with Crippen LogP contribution in [0.4, 0.5) is 0 Å². The standard InChI is InChI=1S/C14H16O2/c1-10-5-3-4-8-14(10,2)12-9-11(15)6-7-13(12)16/h3-10,15-16H,1-2H3. The summed E-state index contributed by atoms with van der Waals surface area (Å²) in [5.74, 6) is 0.696. The fourth-order valence-corrected chi connectivity index (χ4v) is 2.13. The first-order valence-corrected chi connectivity index (χ1v) is 5.42. The predicted octanol–water partition coefficient (Wildman–Crippen LogP) is 3.12. The van der Waals surface area contributed by atoms with Crippen LogP contribution in [0.1, 0.15) is 19.4 Å². The third kappa shape index (κ3) is 1.60. The predicted molar refractivity (Wildman–Crippen MR) is 64.6 cm³/mol. The Labute approximate surface area is 95.6 Å². The molecule has 0 heterocycles. The van der Waals surface area contributed by atoms with Crippen molar-refractivity contribution in [2.24, 2.45) is 5.92 Å². The monoisotopic (exact) mass is 216 g/mol. The lowest BCUT2D eigenvalue weighted by Gasteiger charge is -2.34. The Bertz CT molecular complexity index is 460. The van der Waals surface area contributed by atoms with Crippen molar-refractivity contribution >= 4 is 0 Å². The highest BCUT2D eigenvalue weighted by Crippen LogP contribution is 2.42. The minimum absolute atomic E-state index is 0.184. The summed E-state index contributed by atoms with van der Waals surface area (Å²) < 4.78 is 0. The maximum absolute atomic E-state index is 9.90. The molecule has 0 fully saturated rings. The summed E-state index contributed by atoms with van der Waals surface area (Å²) in [4.78, 5) is 0. The summed E-state index contributed by atoms with van der Waals surface area (Å²) in [6.07, 6.45) is 8.14. The van der Waals surface area contributed by atoms with E-state index in [1.54, 1.807) is 6.07 Å². The second kappa shape index (κ2) is 3.71. The van der Waals surface area contributed by atoms with Crippen LogP contribution >= 0.6 is 0 Å². The lowest BCUT2D eigenvalue weighted by atomic mass is 9.70. The molecule has 0 saturated heterocycles. The number of benzene rings is 1. The Morgan fingerprint density at radius 1 is 1.19 bits per heavy atom. The molecule has 16 heavy (non-hydrogen) atoms. The van der Waals surface area contributed by atoms with E-state index >= 15 is 0 Å². The molecular weight excluding hydrogens is 200 g/mol. The Kier molecular flexibility index (Phi) is 2.50. The minimum atomic E-state index is -0.266. The van der Waals surface area contributed by atoms with E-state index in [0.29, 0.717) is 0 Å². The maximum atomic E-state index is 9.90. The molecule has 0 bridgehead atoms. The van der Waals surface area contributed by atoms with Crippen LogP contribution in [-0.4, -0.2) is 10.2 Å². The van der Waals surface area contributed by atoms with Gasteiger partial charge in [-0.15, -0.1) is 0 Å². The van der Waals surface area contributed by atoms with Crippen LogP contribution in [-0.2, 0) is 5.41 Å². The third-order valence-electron chi connectivity index (χ3n) is 3.46. The third-order valence-corrected chi connectivity index (χ3v) is 3.46. The van der Waals surface area contributed by atoms with E-state index in [4.69, 9.17) is 0 Å². The fourth-order valence-electron chi connectivity index (χ4n) is 2.13. The first-order chi connectivity index (χ1) is 7.54. The maximum Gasteiger partial charge on any atom is 0.119 e. The van der Waals surface area contributed by atoms with Gasteiger partial charge in [0, 0.05) is 11.0 Å². The molecule has 0 saturated carbocycles. The molecular formula is C14H16O2. The van der Waals surface area contributed by atoms with Crippen molar-refractivity contribution in [2.75, 3.05) is 0 Å². The second-order valence-corrected chi connectivity index (χ2v) is 4.52. The number of hydrogen-bond acceptors (Lipinski definition) is 2. The number of phenols is 2. The van der Waals surface area contributed by atoms with Crippen LogP contribution in [0.2, 0.25) is 0 Å². The minimum Gasteiger partial charge on any atom is -0.508 e. The van der Waals surface area contributed by atoms with E-state index in [9.17, 15) is 10.2 Å². The highest BCUT2D eigenvalue weighted by molar-refractivity contribution is 5.48. The number of aromatic hydroxyl groups is 2. The summed E-state index contributed by atoms with van der Waals surface area (Å²) in [6.45, 7) is 4.16. The number of phenolic OH excluding ortho intramolecular Hbond substituents is 2. The first-order valence-electron chi connectivity index (χ1n) is 5.42. The van der Waals surface area contributed by atoms with Gasteiger partial charge in [-0.05, 0) is 24.1 Å². The summed E-state index contributed by atoms with van der Waals surface area (Å²) in [6, 6.07) is 4.67. The van der Waals surface area contributed by atoms with Crippen molar-refractivity contribution in [3.05, 3.63) is 48.1 Å². The highest BCUT2D eigenvalue weighted by atomic mass is 16.3. The Morgan fingerprint density at radius 3 is 2.62 bits per heavy atom. The number of hydrogen-bond donors (Lipinski definition) is 2. The van der Waals surface area contributed by atoms with Gasteiger partial charge in [-0.25, -0.2) is 0 Å². The zero-order chi connectivity index (χ0) is 11.8. The fraction of sp³-hybridized carbons (Fsp3) is 0.286. The molecule has 2 rings (SSSR count). The van der Waals surface area contributed by atoms with E-state index in [1.165, 1.54) is 12.1 Å². The van der Waals surface area contributed by atoms with Gasteiger partial charge in [-0.3, -0.25) is 0 Å². The summed E-state index contributed by atoms with van der Waals surface area (Å²) in [5.41, 5.74) is 0.498. The topological polar surface area (TPSA) is 40.5 Å². The molecule has 2 atom stereocenters. The molecule has 2 nitrogen and oxygen atoms in total. The van der Waals surface area contributed by atoms with Crippen molar-refractivity contribution in [1.82, 2.24) is 0 Å². The van der Waals surface area contributed by atoms with Crippen LogP contribution in [0.5, 0.6) is 11.5 Å². The van der Waals surface area contributed by atoms with Crippen molar-refractivity contribution < 1.29 is 10.2 Å². The van der Waals surface area contributed by atoms with Crippen LogP contribution < -0.4 is 0 Å². The zero-order valence-electron chi connectivity index (χ0n) is 9.51. The molecule has 1 aliphatic carbocycles. The molecule has 1 aliphatic rings. The van der Waals surface area contributed by atoms with Crippen molar-refractivity contribution in [3.8, 4) is 11.5 Å². The normalized spacial score (nSPS) is 28.2. The van der Waals surface area contributed by atoms with Gasteiger partial charge >= 0.3 is 0 Å². The van der Waals surface area contributed by atoms with Crippen LogP contribution in [0.3, 0.4) is 0 Å². The lowest BCUT2D eigenvalue weighted by Crippen LogP contribution is -2.28. The van der Waals surface area contributed by atoms with Gasteiger partial charge < -0.3 is 10.2 Å². The van der Waals surface area contributed by atoms with E-state index in [2.05, 4.69) is 26.0 Å². The molecule has 2 unspecified atom stereocenters. The SMILES string of the molecule is CC1C=CC=CC1(C)c1cc(O)ccc1O. The molecule has 2 N–H and O–H groups in total. The van der Waals surface area contributed by atoms with Crippen molar-refractivity contribution in [2.45, 2.75) is 19.3 Å². The second-order valence-electron chi connectivity index (χ2n) is 4.52. The van der Waals surface area contributed by atoms with E-state index < -0.39 is 0 Å². The van der Waals surface area contributed by atoms with Crippen LogP contribution in [0, 0.1) is 5.92 Å². The van der Waals surface area contributed by atoms with Crippen LogP contribution in [0.15, 0.2) is 42.5 Å². The smallest absolute Gasteiger partial charge is 0.119 e. The van der Waals surface area contributed by atoms with Crippen molar-refractivity contribution in [3.63, 3.8) is 0 Å². The molecule has 1 aromatic rings. The van der Waals surface area contributed by atoms with Gasteiger partial charge in [0.25, 0.3) is 0 Å². The molecule has 84 valence electrons. The van der Waals surface area contributed by atoms with E-state index in [-0.39, 0.29) is 22.8 Å². The summed E-state index contributed by atoms with van der Waals surface area (Å²) in [5, 5.41) is 19.4. The largest absolute Gasteiger partial charge is 0.508 e. The van der Waals surface area contributed by atoms with Gasteiger partial charge in [0.2, 0.25) is 0 Å². The van der Waals surface area contributed by atoms with Gasteiger partial charge in [-0.1, -0.05) is 38.2 Å². The van der Waals surface area contributed by atoms with Gasteiger partial charge in [-0.2, -0.15) is 0 Å². The molecule has 2 heteroatoms. The molecule has 0 radical (unpaired) electrons. The highest BCUT2D eigenvalue weighted by Gasteiger charge is 2.32. The van der Waals surface area contributed by atoms with E-state index in [1.807, 2.05) is 12.2 Å².